The van der Waals surface area contributed by atoms with E-state index in [9.17, 15) is 14.4 Å². The van der Waals surface area contributed by atoms with E-state index < -0.39 is 11.9 Å². The number of hydrogen-bond donors (Lipinski definition) is 3. The average Bonchev–Trinajstić information content (AvgIpc) is 3.84. The zero-order chi connectivity index (χ0) is 39.4. The normalized spacial score (nSPS) is 18.2. The van der Waals surface area contributed by atoms with E-state index in [2.05, 4.69) is 67.7 Å². The molecular formula is C42H46ClN11O3. The summed E-state index contributed by atoms with van der Waals surface area (Å²) in [7, 11) is 3.92. The number of urea groups is 1. The second-order valence-corrected chi connectivity index (χ2v) is 16.4. The van der Waals surface area contributed by atoms with Gasteiger partial charge in [0, 0.05) is 89.0 Å². The maximum Gasteiger partial charge on any atom is 0.328 e. The predicted octanol–water partition coefficient (Wildman–Crippen LogP) is 5.85. The number of amides is 4. The number of pyridine rings is 1. The third-order valence-corrected chi connectivity index (χ3v) is 12.6. The molecule has 15 heteroatoms. The smallest absolute Gasteiger partial charge is 0.328 e. The highest BCUT2D eigenvalue weighted by atomic mass is 35.5. The Balaban J connectivity index is 0.796. The molecule has 5 aromatic rings. The summed E-state index contributed by atoms with van der Waals surface area (Å²) in [6, 6.07) is 18.0. The van der Waals surface area contributed by atoms with E-state index in [-0.39, 0.29) is 18.0 Å². The SMILES string of the molecule is CNc1cc(N2CCc3c(-c4ccc(CN5CC6(CCC(CN(C)c7ccc(Cl)c(N8CCC(=O)NC8=O)c7)CC6)C5)cn4)cccc32)nn2c(C(N)=O)cnc12. The molecule has 2 aromatic carbocycles. The third kappa shape index (κ3) is 6.90. The first-order valence-corrected chi connectivity index (χ1v) is 20.0. The van der Waals surface area contributed by atoms with E-state index in [1.807, 2.05) is 37.5 Å². The molecule has 4 aliphatic rings. The number of imide groups is 1. The van der Waals surface area contributed by atoms with Crippen LogP contribution in [0.15, 0.2) is 67.0 Å². The Bertz CT molecular complexity index is 2380. The minimum absolute atomic E-state index is 0.236. The number of halogens is 1. The first kappa shape index (κ1) is 36.9. The minimum Gasteiger partial charge on any atom is -0.385 e. The van der Waals surface area contributed by atoms with Crippen molar-refractivity contribution in [3.05, 3.63) is 88.8 Å². The Morgan fingerprint density at radius 2 is 1.81 bits per heavy atom. The van der Waals surface area contributed by atoms with E-state index >= 15 is 0 Å². The van der Waals surface area contributed by atoms with Crippen LogP contribution < -0.4 is 31.1 Å². The van der Waals surface area contributed by atoms with Crippen LogP contribution in [0.2, 0.25) is 5.02 Å². The maximum absolute atomic E-state index is 12.5. The lowest BCUT2D eigenvalue weighted by Gasteiger charge is -2.54. The number of imidazole rings is 1. The van der Waals surface area contributed by atoms with Crippen molar-refractivity contribution in [1.82, 2.24) is 29.8 Å². The summed E-state index contributed by atoms with van der Waals surface area (Å²) in [4.78, 5) is 54.1. The largest absolute Gasteiger partial charge is 0.385 e. The minimum atomic E-state index is -0.579. The van der Waals surface area contributed by atoms with Crippen LogP contribution in [0.3, 0.4) is 0 Å². The summed E-state index contributed by atoms with van der Waals surface area (Å²) in [5.74, 6) is 0.470. The zero-order valence-corrected chi connectivity index (χ0v) is 32.9. The molecule has 57 heavy (non-hydrogen) atoms. The lowest BCUT2D eigenvalue weighted by Crippen LogP contribution is -2.57. The molecule has 4 amide bonds. The van der Waals surface area contributed by atoms with Crippen molar-refractivity contribution in [2.24, 2.45) is 17.1 Å². The van der Waals surface area contributed by atoms with Gasteiger partial charge in [0.25, 0.3) is 5.91 Å². The molecule has 14 nitrogen and oxygen atoms in total. The average molecular weight is 788 g/mol. The van der Waals surface area contributed by atoms with Gasteiger partial charge < -0.3 is 20.9 Å². The summed E-state index contributed by atoms with van der Waals surface area (Å²) < 4.78 is 1.52. The van der Waals surface area contributed by atoms with E-state index in [1.54, 1.807) is 4.90 Å². The lowest BCUT2D eigenvalue weighted by atomic mass is 9.65. The second kappa shape index (κ2) is 14.6. The third-order valence-electron chi connectivity index (χ3n) is 12.3. The van der Waals surface area contributed by atoms with Crippen LogP contribution in [0.4, 0.5) is 33.4 Å². The van der Waals surface area contributed by atoms with Crippen molar-refractivity contribution in [3.63, 3.8) is 0 Å². The number of benzene rings is 2. The Hall–Kier alpha value is -5.73. The van der Waals surface area contributed by atoms with Gasteiger partial charge in [-0.05, 0) is 84.9 Å². The number of fused-ring (bicyclic) bond motifs is 2. The van der Waals surface area contributed by atoms with E-state index in [4.69, 9.17) is 27.4 Å². The number of nitrogens with zero attached hydrogens (tertiary/aromatic N) is 8. The van der Waals surface area contributed by atoms with Crippen LogP contribution in [-0.4, -0.2) is 89.1 Å². The highest BCUT2D eigenvalue weighted by Gasteiger charge is 2.45. The Labute approximate surface area is 336 Å². The maximum atomic E-state index is 12.5. The predicted molar refractivity (Wildman–Crippen MR) is 221 cm³/mol. The molecule has 3 aromatic heterocycles. The fourth-order valence-corrected chi connectivity index (χ4v) is 9.54. The highest BCUT2D eigenvalue weighted by Crippen LogP contribution is 2.47. The molecule has 3 aliphatic heterocycles. The van der Waals surface area contributed by atoms with E-state index in [1.165, 1.54) is 47.5 Å². The number of primary amides is 1. The first-order valence-electron chi connectivity index (χ1n) is 19.6. The van der Waals surface area contributed by atoms with Gasteiger partial charge >= 0.3 is 6.03 Å². The molecule has 4 N–H and O–H groups in total. The zero-order valence-electron chi connectivity index (χ0n) is 32.2. The molecule has 9 rings (SSSR count). The molecule has 0 bridgehead atoms. The fourth-order valence-electron chi connectivity index (χ4n) is 9.32. The van der Waals surface area contributed by atoms with Gasteiger partial charge in [0.1, 0.15) is 5.69 Å². The van der Waals surface area contributed by atoms with Crippen molar-refractivity contribution >= 4 is 63.7 Å². The highest BCUT2D eigenvalue weighted by molar-refractivity contribution is 6.34. The van der Waals surface area contributed by atoms with Crippen molar-refractivity contribution < 1.29 is 14.4 Å². The number of nitrogens with two attached hydrogens (primary N) is 1. The first-order chi connectivity index (χ1) is 27.6. The van der Waals surface area contributed by atoms with Crippen molar-refractivity contribution in [1.29, 1.82) is 0 Å². The number of carbonyl (C=O) groups excluding carboxylic acids is 3. The quantitative estimate of drug-likeness (QED) is 0.157. The molecular weight excluding hydrogens is 742 g/mol. The molecule has 6 heterocycles. The van der Waals surface area contributed by atoms with Gasteiger partial charge in [0.15, 0.2) is 11.5 Å². The summed E-state index contributed by atoms with van der Waals surface area (Å²) in [5.41, 5.74) is 14.8. The summed E-state index contributed by atoms with van der Waals surface area (Å²) in [6.45, 7) is 5.15. The number of nitrogens with one attached hydrogen (secondary N) is 2. The second-order valence-electron chi connectivity index (χ2n) is 16.0. The van der Waals surface area contributed by atoms with Crippen LogP contribution in [0.5, 0.6) is 0 Å². The summed E-state index contributed by atoms with van der Waals surface area (Å²) in [6.07, 6.45) is 9.45. The molecule has 1 aliphatic carbocycles. The summed E-state index contributed by atoms with van der Waals surface area (Å²) in [5, 5.41) is 10.8. The molecule has 0 atom stereocenters. The van der Waals surface area contributed by atoms with Gasteiger partial charge in [0.05, 0.1) is 28.3 Å². The number of carbonyl (C=O) groups is 3. The van der Waals surface area contributed by atoms with Gasteiger partial charge in [0.2, 0.25) is 5.91 Å². The molecule has 2 saturated heterocycles. The molecule has 0 unspecified atom stereocenters. The monoisotopic (exact) mass is 787 g/mol. The van der Waals surface area contributed by atoms with Crippen LogP contribution in [0, 0.1) is 11.3 Å². The van der Waals surface area contributed by atoms with Crippen LogP contribution >= 0.6 is 11.6 Å². The number of anilines is 5. The topological polar surface area (TPSA) is 157 Å². The Morgan fingerprint density at radius 3 is 2.54 bits per heavy atom. The van der Waals surface area contributed by atoms with Gasteiger partial charge in [-0.3, -0.25) is 29.7 Å². The van der Waals surface area contributed by atoms with Crippen molar-refractivity contribution in [2.45, 2.75) is 45.1 Å². The molecule has 1 spiro atoms. The number of rotatable bonds is 10. The van der Waals surface area contributed by atoms with Gasteiger partial charge in [-0.15, -0.1) is 5.10 Å². The fraction of sp³-hybridized carbons (Fsp3) is 0.381. The molecule has 0 radical (unpaired) electrons. The Morgan fingerprint density at radius 1 is 1.00 bits per heavy atom. The van der Waals surface area contributed by atoms with Crippen molar-refractivity contribution in [3.8, 4) is 11.3 Å². The van der Waals surface area contributed by atoms with Crippen molar-refractivity contribution in [2.75, 3.05) is 66.8 Å². The van der Waals surface area contributed by atoms with E-state index in [0.29, 0.717) is 40.1 Å². The molecule has 3 fully saturated rings. The molecule has 1 saturated carbocycles. The Kier molecular flexibility index (Phi) is 9.48. The van der Waals surface area contributed by atoms with Crippen LogP contribution in [-0.2, 0) is 17.8 Å². The number of hydrogen-bond acceptors (Lipinski definition) is 10. The van der Waals surface area contributed by atoms with Gasteiger partial charge in [-0.25, -0.2) is 14.3 Å². The van der Waals surface area contributed by atoms with Gasteiger partial charge in [-0.1, -0.05) is 29.8 Å². The van der Waals surface area contributed by atoms with E-state index in [0.717, 1.165) is 67.5 Å². The number of likely N-dealkylation sites (tertiary alicyclic amines) is 1. The summed E-state index contributed by atoms with van der Waals surface area (Å²) >= 11 is 6.50. The number of aromatic nitrogens is 4. The lowest BCUT2D eigenvalue weighted by molar-refractivity contribution is -0.120. The van der Waals surface area contributed by atoms with Crippen LogP contribution in [0.25, 0.3) is 16.9 Å². The molecule has 294 valence electrons. The van der Waals surface area contributed by atoms with Gasteiger partial charge in [-0.2, -0.15) is 0 Å². The standard InChI is InChI=1S/C42H46ClN11O3/c1-45-33-19-37(49-54-36(39(44)56)21-47-40(33)54)52-16-12-30-29(4-3-5-34(30)52)32-9-6-27(20-46-32)23-51-24-42(25-51)14-10-26(11-15-42)22-50(2)28-7-8-31(43)35(18-28)53-17-13-38(55)48-41(53)57/h3-9,18-21,26,45H,10-17,22-25H2,1-2H3,(H2,44,56)(H,48,55,57). The van der Waals surface area contributed by atoms with Crippen LogP contribution in [0.1, 0.15) is 53.7 Å².